The summed E-state index contributed by atoms with van der Waals surface area (Å²) in [5.74, 6) is 0.0759. The van der Waals surface area contributed by atoms with E-state index in [1.807, 2.05) is 0 Å². The minimum absolute atomic E-state index is 0.0759. The molecule has 10 rings (SSSR count). The van der Waals surface area contributed by atoms with Crippen LogP contribution in [-0.4, -0.2) is 4.57 Å². The van der Waals surface area contributed by atoms with Crippen LogP contribution in [0.4, 0.5) is 0 Å². The highest BCUT2D eigenvalue weighted by Crippen LogP contribution is 2.38. The van der Waals surface area contributed by atoms with Gasteiger partial charge in [-0.1, -0.05) is 206 Å². The monoisotopic (exact) mass is 713 g/mol. The van der Waals surface area contributed by atoms with Crippen LogP contribution in [0, 0.1) is 0 Å². The van der Waals surface area contributed by atoms with E-state index in [1.165, 1.54) is 88.7 Å². The fourth-order valence-electron chi connectivity index (χ4n) is 8.33. The van der Waals surface area contributed by atoms with E-state index in [9.17, 15) is 0 Å². The van der Waals surface area contributed by atoms with Crippen molar-refractivity contribution >= 4 is 21.8 Å². The average Bonchev–Trinajstić information content (AvgIpc) is 3.62. The summed E-state index contributed by atoms with van der Waals surface area (Å²) in [7, 11) is 0. The second-order valence-electron chi connectivity index (χ2n) is 14.5. The summed E-state index contributed by atoms with van der Waals surface area (Å²) in [6, 6.07) is 83.9. The summed E-state index contributed by atoms with van der Waals surface area (Å²) in [5.41, 5.74) is 17.1. The van der Waals surface area contributed by atoms with Gasteiger partial charge in [-0.15, -0.1) is 0 Å². The van der Waals surface area contributed by atoms with E-state index in [-0.39, 0.29) is 5.92 Å². The maximum Gasteiger partial charge on any atom is 0.0547 e. The second kappa shape index (κ2) is 14.5. The van der Waals surface area contributed by atoms with Crippen LogP contribution in [0.2, 0.25) is 0 Å². The van der Waals surface area contributed by atoms with Gasteiger partial charge in [-0.3, -0.25) is 0 Å². The van der Waals surface area contributed by atoms with Crippen LogP contribution in [0.15, 0.2) is 231 Å². The molecule has 0 aliphatic carbocycles. The predicted octanol–water partition coefficient (Wildman–Crippen LogP) is 14.6. The molecule has 1 heteroatoms. The van der Waals surface area contributed by atoms with Crippen molar-refractivity contribution in [2.75, 3.05) is 0 Å². The fourth-order valence-corrected chi connectivity index (χ4v) is 8.33. The zero-order chi connectivity index (χ0) is 37.3. The van der Waals surface area contributed by atoms with Crippen molar-refractivity contribution in [3.05, 3.63) is 247 Å². The third-order valence-corrected chi connectivity index (χ3v) is 11.2. The summed E-state index contributed by atoms with van der Waals surface area (Å²) in [5, 5.41) is 2.53. The molecule has 0 aliphatic rings. The quantitative estimate of drug-likeness (QED) is 0.138. The Morgan fingerprint density at radius 2 is 0.661 bits per heavy atom. The number of hydrogen-bond donors (Lipinski definition) is 0. The Labute approximate surface area is 328 Å². The number of para-hydroxylation sites is 2. The lowest BCUT2D eigenvalue weighted by atomic mass is 9.83. The number of rotatable bonds is 8. The van der Waals surface area contributed by atoms with Crippen molar-refractivity contribution in [1.82, 2.24) is 4.57 Å². The Balaban J connectivity index is 1.00. The Kier molecular flexibility index (Phi) is 8.67. The molecule has 9 aromatic carbocycles. The molecule has 0 amide bonds. The molecule has 0 fully saturated rings. The van der Waals surface area contributed by atoms with Gasteiger partial charge in [0.05, 0.1) is 11.0 Å². The lowest BCUT2D eigenvalue weighted by Crippen LogP contribution is -2.04. The number of fused-ring (bicyclic) bond motifs is 3. The largest absolute Gasteiger partial charge is 0.309 e. The first-order chi connectivity index (χ1) is 27.8. The molecule has 1 heterocycles. The smallest absolute Gasteiger partial charge is 0.0547 e. The summed E-state index contributed by atoms with van der Waals surface area (Å²) in [4.78, 5) is 0. The molecule has 0 saturated carbocycles. The van der Waals surface area contributed by atoms with Gasteiger partial charge in [0.25, 0.3) is 0 Å². The lowest BCUT2D eigenvalue weighted by Gasteiger charge is -2.21. The first-order valence-electron chi connectivity index (χ1n) is 19.4. The molecule has 1 aromatic heterocycles. The van der Waals surface area contributed by atoms with Gasteiger partial charge in [-0.2, -0.15) is 0 Å². The van der Waals surface area contributed by atoms with E-state index in [2.05, 4.69) is 235 Å². The molecule has 0 aliphatic heterocycles. The number of benzene rings is 9. The van der Waals surface area contributed by atoms with E-state index in [0.29, 0.717) is 0 Å². The van der Waals surface area contributed by atoms with Gasteiger partial charge >= 0.3 is 0 Å². The zero-order valence-electron chi connectivity index (χ0n) is 31.0. The molecule has 0 atom stereocenters. The standard InChI is InChI=1S/C55H39N/c1-4-13-39(14-5-1)41-27-31-45(32-28-41)55(46-33-29-42(30-34-46)40-15-6-2-7-16-40)49-18-12-17-47(37-49)43-23-25-44(26-24-43)48-35-36-52-51-21-10-11-22-53(51)56(54(52)38-48)50-19-8-3-9-20-50/h1-38,55H. The number of hydrogen-bond acceptors (Lipinski definition) is 0. The second-order valence-corrected chi connectivity index (χ2v) is 14.5. The van der Waals surface area contributed by atoms with E-state index in [4.69, 9.17) is 0 Å². The molecular weight excluding hydrogens is 675 g/mol. The zero-order valence-corrected chi connectivity index (χ0v) is 31.0. The molecule has 0 spiro atoms. The Morgan fingerprint density at radius 3 is 1.25 bits per heavy atom. The summed E-state index contributed by atoms with van der Waals surface area (Å²) < 4.78 is 2.38. The average molecular weight is 714 g/mol. The maximum absolute atomic E-state index is 2.38. The Hall–Kier alpha value is -7.22. The van der Waals surface area contributed by atoms with Crippen molar-refractivity contribution in [2.24, 2.45) is 0 Å². The van der Waals surface area contributed by atoms with Crippen molar-refractivity contribution in [1.29, 1.82) is 0 Å². The van der Waals surface area contributed by atoms with E-state index in [0.717, 1.165) is 0 Å². The molecule has 56 heavy (non-hydrogen) atoms. The van der Waals surface area contributed by atoms with Crippen LogP contribution < -0.4 is 0 Å². The van der Waals surface area contributed by atoms with Gasteiger partial charge in [-0.25, -0.2) is 0 Å². The highest BCUT2D eigenvalue weighted by atomic mass is 15.0. The van der Waals surface area contributed by atoms with E-state index >= 15 is 0 Å². The van der Waals surface area contributed by atoms with Crippen molar-refractivity contribution < 1.29 is 0 Å². The van der Waals surface area contributed by atoms with Gasteiger partial charge < -0.3 is 4.57 Å². The topological polar surface area (TPSA) is 4.93 Å². The third kappa shape index (κ3) is 6.30. The summed E-state index contributed by atoms with van der Waals surface area (Å²) in [6.07, 6.45) is 0. The normalized spacial score (nSPS) is 11.4. The lowest BCUT2D eigenvalue weighted by molar-refractivity contribution is 0.978. The third-order valence-electron chi connectivity index (χ3n) is 11.2. The van der Waals surface area contributed by atoms with Crippen molar-refractivity contribution in [3.63, 3.8) is 0 Å². The minimum atomic E-state index is 0.0759. The van der Waals surface area contributed by atoms with Gasteiger partial charge in [-0.05, 0) is 85.5 Å². The van der Waals surface area contributed by atoms with Gasteiger partial charge in [0, 0.05) is 22.4 Å². The summed E-state index contributed by atoms with van der Waals surface area (Å²) >= 11 is 0. The van der Waals surface area contributed by atoms with Crippen LogP contribution in [0.3, 0.4) is 0 Å². The Bertz CT molecular complexity index is 2820. The molecule has 0 N–H and O–H groups in total. The molecule has 0 unspecified atom stereocenters. The first kappa shape index (κ1) is 33.4. The molecule has 264 valence electrons. The van der Waals surface area contributed by atoms with Gasteiger partial charge in [0.15, 0.2) is 0 Å². The molecule has 1 nitrogen and oxygen atoms in total. The number of aromatic nitrogens is 1. The molecule has 10 aromatic rings. The molecule has 0 radical (unpaired) electrons. The minimum Gasteiger partial charge on any atom is -0.309 e. The molecular formula is C55H39N. The van der Waals surface area contributed by atoms with Crippen LogP contribution in [-0.2, 0) is 0 Å². The maximum atomic E-state index is 2.38. The predicted molar refractivity (Wildman–Crippen MR) is 236 cm³/mol. The molecule has 0 bridgehead atoms. The first-order valence-corrected chi connectivity index (χ1v) is 19.4. The van der Waals surface area contributed by atoms with Crippen LogP contribution in [0.25, 0.3) is 72.0 Å². The number of nitrogens with zero attached hydrogens (tertiary/aromatic N) is 1. The van der Waals surface area contributed by atoms with Gasteiger partial charge in [0.1, 0.15) is 0 Å². The van der Waals surface area contributed by atoms with E-state index < -0.39 is 0 Å². The van der Waals surface area contributed by atoms with Crippen LogP contribution >= 0.6 is 0 Å². The summed E-state index contributed by atoms with van der Waals surface area (Å²) in [6.45, 7) is 0. The van der Waals surface area contributed by atoms with Crippen molar-refractivity contribution in [2.45, 2.75) is 5.92 Å². The molecule has 0 saturated heterocycles. The fraction of sp³-hybridized carbons (Fsp3) is 0.0182. The Morgan fingerprint density at radius 1 is 0.250 bits per heavy atom. The van der Waals surface area contributed by atoms with Crippen LogP contribution in [0.1, 0.15) is 22.6 Å². The SMILES string of the molecule is c1ccc(-c2ccc(C(c3ccc(-c4ccccc4)cc3)c3cccc(-c4ccc(-c5ccc6c7ccccc7n(-c7ccccc7)c6c5)cc4)c3)cc2)cc1. The van der Waals surface area contributed by atoms with Crippen LogP contribution in [0.5, 0.6) is 0 Å². The van der Waals surface area contributed by atoms with Crippen molar-refractivity contribution in [3.8, 4) is 50.2 Å². The highest BCUT2D eigenvalue weighted by Gasteiger charge is 2.19. The van der Waals surface area contributed by atoms with Gasteiger partial charge in [0.2, 0.25) is 0 Å². The highest BCUT2D eigenvalue weighted by molar-refractivity contribution is 6.10. The van der Waals surface area contributed by atoms with E-state index in [1.54, 1.807) is 0 Å².